The van der Waals surface area contributed by atoms with Crippen molar-refractivity contribution in [2.24, 2.45) is 5.92 Å². The summed E-state index contributed by atoms with van der Waals surface area (Å²) in [6.45, 7) is 17.4. The highest BCUT2D eigenvalue weighted by Gasteiger charge is 2.27. The van der Waals surface area contributed by atoms with Crippen molar-refractivity contribution in [1.82, 2.24) is 15.5 Å². The van der Waals surface area contributed by atoms with Gasteiger partial charge in [-0.3, -0.25) is 4.79 Å². The number of carbonyl (C=O) groups excluding carboxylic acids is 2. The molecule has 3 N–H and O–H groups in total. The lowest BCUT2D eigenvalue weighted by Crippen LogP contribution is -2.41. The molecule has 3 aliphatic heterocycles. The van der Waals surface area contributed by atoms with E-state index in [-0.39, 0.29) is 24.5 Å². The Kier molecular flexibility index (Phi) is 11.0. The predicted octanol–water partition coefficient (Wildman–Crippen LogP) is 4.87. The topological polar surface area (TPSA) is 103 Å². The van der Waals surface area contributed by atoms with Gasteiger partial charge in [0.1, 0.15) is 11.8 Å². The third kappa shape index (κ3) is 8.58. The highest BCUT2D eigenvalue weighted by molar-refractivity contribution is 5.98. The molecule has 3 aliphatic rings. The van der Waals surface area contributed by atoms with Crippen molar-refractivity contribution in [3.05, 3.63) is 51.7 Å². The molecule has 0 bridgehead atoms. The first kappa shape index (κ1) is 33.4. The Hall–Kier alpha value is -3.48. The Morgan fingerprint density at radius 2 is 1.82 bits per heavy atom. The number of likely N-dealkylation sites (tertiary alicyclic amines) is 1. The Morgan fingerprint density at radius 3 is 2.43 bits per heavy atom. The van der Waals surface area contributed by atoms with Crippen molar-refractivity contribution in [3.63, 3.8) is 0 Å². The summed E-state index contributed by atoms with van der Waals surface area (Å²) >= 11 is 0. The second kappa shape index (κ2) is 14.5. The number of aliphatic hydroxyl groups excluding tert-OH is 1. The minimum Gasteiger partial charge on any atom is -0.444 e. The van der Waals surface area contributed by atoms with Crippen LogP contribution in [-0.4, -0.2) is 79.3 Å². The summed E-state index contributed by atoms with van der Waals surface area (Å²) in [4.78, 5) is 30.3. The number of hydrogen-bond acceptors (Lipinski definition) is 7. The molecule has 1 atom stereocenters. The normalized spacial score (nSPS) is 19.9. The van der Waals surface area contributed by atoms with Crippen LogP contribution in [0.15, 0.2) is 35.1 Å². The summed E-state index contributed by atoms with van der Waals surface area (Å²) in [6.07, 6.45) is 4.29. The van der Waals surface area contributed by atoms with Crippen LogP contribution in [-0.2, 0) is 9.47 Å². The number of allylic oxidation sites excluding steroid dienone is 3. The van der Waals surface area contributed by atoms with Crippen LogP contribution >= 0.6 is 0 Å². The number of ether oxygens (including phenoxy) is 2. The number of aliphatic hydroxyl groups is 1. The van der Waals surface area contributed by atoms with Gasteiger partial charge < -0.3 is 35.0 Å². The first-order valence-corrected chi connectivity index (χ1v) is 16.0. The number of benzene rings is 1. The van der Waals surface area contributed by atoms with E-state index in [1.807, 2.05) is 53.7 Å². The van der Waals surface area contributed by atoms with Crippen LogP contribution in [0.2, 0.25) is 0 Å². The van der Waals surface area contributed by atoms with Crippen LogP contribution in [0.1, 0.15) is 88.7 Å². The maximum atomic E-state index is 13.7. The van der Waals surface area contributed by atoms with Gasteiger partial charge in [0.05, 0.1) is 0 Å². The van der Waals surface area contributed by atoms with Gasteiger partial charge in [0.25, 0.3) is 5.91 Å². The van der Waals surface area contributed by atoms with Gasteiger partial charge in [0, 0.05) is 79.4 Å². The van der Waals surface area contributed by atoms with Gasteiger partial charge in [-0.2, -0.15) is 0 Å². The van der Waals surface area contributed by atoms with Gasteiger partial charge in [-0.05, 0) is 103 Å². The SMILES string of the molecule is CCN(c1cc(C#CC2CCN(C(=O)OC(C)(C)C)CC2)cc(C(=O)NCC2=C(C)C=C(C)NC2O)c1C)C1CCOCC1. The van der Waals surface area contributed by atoms with Crippen LogP contribution in [0, 0.1) is 24.7 Å². The summed E-state index contributed by atoms with van der Waals surface area (Å²) in [5.41, 5.74) is 5.37. The van der Waals surface area contributed by atoms with E-state index in [1.54, 1.807) is 4.90 Å². The molecule has 9 heteroatoms. The number of amides is 2. The Balaban J connectivity index is 1.57. The molecule has 0 radical (unpaired) electrons. The number of nitrogens with zero attached hydrogens (tertiary/aromatic N) is 2. The molecule has 9 nitrogen and oxygen atoms in total. The van der Waals surface area contributed by atoms with E-state index in [9.17, 15) is 14.7 Å². The maximum absolute atomic E-state index is 13.7. The maximum Gasteiger partial charge on any atom is 0.410 e. The zero-order valence-electron chi connectivity index (χ0n) is 27.5. The minimum absolute atomic E-state index is 0.153. The summed E-state index contributed by atoms with van der Waals surface area (Å²) < 4.78 is 11.2. The number of carbonyl (C=O) groups is 2. The highest BCUT2D eigenvalue weighted by atomic mass is 16.6. The Bertz CT molecular complexity index is 1340. The lowest BCUT2D eigenvalue weighted by Gasteiger charge is -2.36. The van der Waals surface area contributed by atoms with Gasteiger partial charge in [0.15, 0.2) is 0 Å². The zero-order valence-corrected chi connectivity index (χ0v) is 27.5. The van der Waals surface area contributed by atoms with Crippen LogP contribution in [0.3, 0.4) is 0 Å². The number of hydrogen-bond donors (Lipinski definition) is 3. The fraction of sp³-hybridized carbons (Fsp3) is 0.600. The van der Waals surface area contributed by atoms with Crippen LogP contribution in [0.5, 0.6) is 0 Å². The zero-order chi connectivity index (χ0) is 32.0. The molecule has 1 aromatic carbocycles. The first-order valence-electron chi connectivity index (χ1n) is 16.0. The van der Waals surface area contributed by atoms with Gasteiger partial charge in [-0.15, -0.1) is 0 Å². The van der Waals surface area contributed by atoms with Crippen LogP contribution < -0.4 is 15.5 Å². The quantitative estimate of drug-likeness (QED) is 0.397. The molecule has 2 saturated heterocycles. The highest BCUT2D eigenvalue weighted by Crippen LogP contribution is 2.30. The van der Waals surface area contributed by atoms with Gasteiger partial charge in [0.2, 0.25) is 0 Å². The van der Waals surface area contributed by atoms with Crippen LogP contribution in [0.25, 0.3) is 0 Å². The van der Waals surface area contributed by atoms with Gasteiger partial charge in [-0.1, -0.05) is 11.8 Å². The molecule has 1 aromatic rings. The molecular formula is C35H50N4O5. The van der Waals surface area contributed by atoms with Crippen molar-refractivity contribution in [3.8, 4) is 11.8 Å². The molecule has 4 rings (SSSR count). The minimum atomic E-state index is -0.833. The van der Waals surface area contributed by atoms with Gasteiger partial charge >= 0.3 is 6.09 Å². The Labute approximate surface area is 263 Å². The third-order valence-corrected chi connectivity index (χ3v) is 8.55. The second-order valence-corrected chi connectivity index (χ2v) is 13.1. The fourth-order valence-corrected chi connectivity index (χ4v) is 6.13. The molecule has 2 fully saturated rings. The van der Waals surface area contributed by atoms with E-state index < -0.39 is 11.8 Å². The second-order valence-electron chi connectivity index (χ2n) is 13.1. The van der Waals surface area contributed by atoms with Crippen molar-refractivity contribution in [1.29, 1.82) is 0 Å². The van der Waals surface area contributed by atoms with Gasteiger partial charge in [-0.25, -0.2) is 4.79 Å². The molecule has 240 valence electrons. The third-order valence-electron chi connectivity index (χ3n) is 8.55. The van der Waals surface area contributed by atoms with E-state index >= 15 is 0 Å². The van der Waals surface area contributed by atoms with Crippen molar-refractivity contribution in [2.75, 3.05) is 44.3 Å². The number of anilines is 1. The summed E-state index contributed by atoms with van der Waals surface area (Å²) in [5.74, 6) is 6.78. The Morgan fingerprint density at radius 1 is 1.14 bits per heavy atom. The largest absolute Gasteiger partial charge is 0.444 e. The van der Waals surface area contributed by atoms with Crippen molar-refractivity contribution < 1.29 is 24.2 Å². The van der Waals surface area contributed by atoms with E-state index in [2.05, 4.69) is 40.4 Å². The molecule has 44 heavy (non-hydrogen) atoms. The monoisotopic (exact) mass is 606 g/mol. The summed E-state index contributed by atoms with van der Waals surface area (Å²) in [7, 11) is 0. The molecule has 0 saturated carbocycles. The van der Waals surface area contributed by atoms with E-state index in [4.69, 9.17) is 9.47 Å². The van der Waals surface area contributed by atoms with E-state index in [1.165, 1.54) is 0 Å². The van der Waals surface area contributed by atoms with Crippen molar-refractivity contribution in [2.45, 2.75) is 92.0 Å². The molecule has 0 spiro atoms. The molecule has 1 unspecified atom stereocenters. The first-order chi connectivity index (χ1) is 20.9. The van der Waals surface area contributed by atoms with E-state index in [0.29, 0.717) is 24.7 Å². The molecular weight excluding hydrogens is 556 g/mol. The number of rotatable bonds is 6. The van der Waals surface area contributed by atoms with E-state index in [0.717, 1.165) is 79.1 Å². The number of dihydropyridines is 1. The number of nitrogens with one attached hydrogen (secondary N) is 2. The average Bonchev–Trinajstić information content (AvgIpc) is 2.97. The lowest BCUT2D eigenvalue weighted by molar-refractivity contribution is 0.0199. The molecule has 2 amide bonds. The summed E-state index contributed by atoms with van der Waals surface area (Å²) in [5, 5.41) is 16.6. The molecule has 3 heterocycles. The number of piperidine rings is 1. The molecule has 0 aliphatic carbocycles. The average molecular weight is 607 g/mol. The molecule has 0 aromatic heterocycles. The summed E-state index contributed by atoms with van der Waals surface area (Å²) in [6, 6.07) is 4.33. The standard InChI is InChI=1S/C35H50N4O5/c1-8-39(28-13-17-43-18-14-28)31-21-27(10-9-26-11-15-38(16-12-26)34(42)44-35(5,6)7)20-29(25(31)4)32(40)36-22-30-23(2)19-24(3)37-33(30)41/h19-21,26,28,33,37,41H,8,11-18,22H2,1-7H3,(H,36,40). The lowest BCUT2D eigenvalue weighted by atomic mass is 9.95. The smallest absolute Gasteiger partial charge is 0.410 e. The van der Waals surface area contributed by atoms with Crippen molar-refractivity contribution >= 4 is 17.7 Å². The fourth-order valence-electron chi connectivity index (χ4n) is 6.13. The predicted molar refractivity (Wildman–Crippen MR) is 173 cm³/mol. The van der Waals surface area contributed by atoms with Crippen LogP contribution in [0.4, 0.5) is 10.5 Å².